The highest BCUT2D eigenvalue weighted by Crippen LogP contribution is 2.38. The molecule has 0 heterocycles. The van der Waals surface area contributed by atoms with E-state index in [0.29, 0.717) is 15.8 Å². The Morgan fingerprint density at radius 1 is 1.10 bits per heavy atom. The topological polar surface area (TPSA) is 21.3 Å². The Hall–Kier alpha value is -0.740. The van der Waals surface area contributed by atoms with Gasteiger partial charge in [0.1, 0.15) is 5.75 Å². The molecule has 0 radical (unpaired) electrons. The third-order valence-corrected chi connectivity index (χ3v) is 4.65. The van der Waals surface area contributed by atoms with Gasteiger partial charge in [0.15, 0.2) is 0 Å². The van der Waals surface area contributed by atoms with E-state index in [1.54, 1.807) is 13.2 Å². The molecular formula is C16H16BrCl2NO. The molecule has 0 bridgehead atoms. The lowest BCUT2D eigenvalue weighted by Crippen LogP contribution is -2.18. The molecule has 5 heteroatoms. The number of benzene rings is 2. The van der Waals surface area contributed by atoms with Crippen LogP contribution >= 0.6 is 39.1 Å². The molecule has 2 rings (SSSR count). The van der Waals surface area contributed by atoms with Gasteiger partial charge in [0.05, 0.1) is 18.2 Å². The number of halogens is 3. The largest absolute Gasteiger partial charge is 0.495 e. The maximum absolute atomic E-state index is 6.39. The minimum atomic E-state index is -0.0594. The standard InChI is InChI=1S/C16H16BrCl2NO/c1-9-4-5-10(12(17)6-9)16(20-2)11-7-14(19)15(21-3)8-13(11)18/h4-8,16,20H,1-3H3. The number of aryl methyl sites for hydroxylation is 1. The summed E-state index contributed by atoms with van der Waals surface area (Å²) in [7, 11) is 3.47. The zero-order chi connectivity index (χ0) is 15.6. The van der Waals surface area contributed by atoms with Crippen molar-refractivity contribution in [1.29, 1.82) is 0 Å². The summed E-state index contributed by atoms with van der Waals surface area (Å²) in [5.74, 6) is 0.572. The average Bonchev–Trinajstić information content (AvgIpc) is 2.45. The van der Waals surface area contributed by atoms with Crippen LogP contribution in [0.4, 0.5) is 0 Å². The predicted octanol–water partition coefficient (Wildman–Crippen LogP) is 5.38. The average molecular weight is 389 g/mol. The van der Waals surface area contributed by atoms with E-state index in [2.05, 4.69) is 46.4 Å². The van der Waals surface area contributed by atoms with Gasteiger partial charge in [-0.05, 0) is 42.8 Å². The lowest BCUT2D eigenvalue weighted by Gasteiger charge is -2.21. The fraction of sp³-hybridized carbons (Fsp3) is 0.250. The van der Waals surface area contributed by atoms with Crippen LogP contribution in [-0.2, 0) is 0 Å². The predicted molar refractivity (Wildman–Crippen MR) is 92.8 cm³/mol. The van der Waals surface area contributed by atoms with Crippen molar-refractivity contribution < 1.29 is 4.74 Å². The molecule has 0 aliphatic rings. The highest BCUT2D eigenvalue weighted by molar-refractivity contribution is 9.10. The summed E-state index contributed by atoms with van der Waals surface area (Å²) in [4.78, 5) is 0. The number of ether oxygens (including phenoxy) is 1. The summed E-state index contributed by atoms with van der Waals surface area (Å²) >= 11 is 16.2. The molecule has 0 spiro atoms. The molecule has 0 fully saturated rings. The Morgan fingerprint density at radius 2 is 1.81 bits per heavy atom. The van der Waals surface area contributed by atoms with Gasteiger partial charge in [-0.15, -0.1) is 0 Å². The Kier molecular flexibility index (Phi) is 5.55. The van der Waals surface area contributed by atoms with Gasteiger partial charge in [0.2, 0.25) is 0 Å². The second kappa shape index (κ2) is 7.01. The van der Waals surface area contributed by atoms with Crippen LogP contribution in [0.25, 0.3) is 0 Å². The van der Waals surface area contributed by atoms with Gasteiger partial charge in [-0.2, -0.15) is 0 Å². The highest BCUT2D eigenvalue weighted by atomic mass is 79.9. The smallest absolute Gasteiger partial charge is 0.138 e. The molecule has 2 aromatic rings. The first-order valence-electron chi connectivity index (χ1n) is 6.44. The Morgan fingerprint density at radius 3 is 2.38 bits per heavy atom. The first kappa shape index (κ1) is 16.6. The molecule has 112 valence electrons. The van der Waals surface area contributed by atoms with E-state index < -0.39 is 0 Å². The van der Waals surface area contributed by atoms with Gasteiger partial charge in [0, 0.05) is 15.6 Å². The third-order valence-electron chi connectivity index (χ3n) is 3.34. The van der Waals surface area contributed by atoms with Gasteiger partial charge in [-0.1, -0.05) is 51.3 Å². The van der Waals surface area contributed by atoms with E-state index in [1.165, 1.54) is 5.56 Å². The fourth-order valence-corrected chi connectivity index (χ4v) is 3.50. The van der Waals surface area contributed by atoms with Crippen LogP contribution in [-0.4, -0.2) is 14.2 Å². The zero-order valence-corrected chi connectivity index (χ0v) is 15.1. The number of rotatable bonds is 4. The van der Waals surface area contributed by atoms with Crippen LogP contribution < -0.4 is 10.1 Å². The maximum Gasteiger partial charge on any atom is 0.138 e. The Balaban J connectivity index is 2.53. The van der Waals surface area contributed by atoms with E-state index in [0.717, 1.165) is 15.6 Å². The van der Waals surface area contributed by atoms with Gasteiger partial charge in [-0.25, -0.2) is 0 Å². The summed E-state index contributed by atoms with van der Waals surface area (Å²) in [6.45, 7) is 2.06. The van der Waals surface area contributed by atoms with Gasteiger partial charge in [0.25, 0.3) is 0 Å². The Bertz CT molecular complexity index is 661. The molecular weight excluding hydrogens is 373 g/mol. The quantitative estimate of drug-likeness (QED) is 0.758. The summed E-state index contributed by atoms with van der Waals surface area (Å²) < 4.78 is 6.23. The van der Waals surface area contributed by atoms with Gasteiger partial charge >= 0.3 is 0 Å². The van der Waals surface area contributed by atoms with Crippen molar-refractivity contribution in [3.8, 4) is 5.75 Å². The molecule has 1 atom stereocenters. The number of hydrogen-bond donors (Lipinski definition) is 1. The molecule has 1 unspecified atom stereocenters. The number of methoxy groups -OCH3 is 1. The molecule has 21 heavy (non-hydrogen) atoms. The van der Waals surface area contributed by atoms with Crippen molar-refractivity contribution in [2.45, 2.75) is 13.0 Å². The van der Waals surface area contributed by atoms with Crippen LogP contribution in [0.3, 0.4) is 0 Å². The SMILES string of the molecule is CNC(c1cc(Cl)c(OC)cc1Cl)c1ccc(C)cc1Br. The Labute approximate surface area is 143 Å². The molecule has 0 aromatic heterocycles. The van der Waals surface area contributed by atoms with E-state index >= 15 is 0 Å². The van der Waals surface area contributed by atoms with Crippen molar-refractivity contribution in [3.63, 3.8) is 0 Å². The molecule has 1 N–H and O–H groups in total. The number of hydrogen-bond acceptors (Lipinski definition) is 2. The molecule has 0 saturated carbocycles. The van der Waals surface area contributed by atoms with Crippen LogP contribution in [0, 0.1) is 6.92 Å². The van der Waals surface area contributed by atoms with Crippen molar-refractivity contribution >= 4 is 39.1 Å². The molecule has 0 aliphatic carbocycles. The molecule has 0 saturated heterocycles. The second-order valence-corrected chi connectivity index (χ2v) is 6.42. The number of nitrogens with one attached hydrogen (secondary N) is 1. The van der Waals surface area contributed by atoms with Crippen molar-refractivity contribution in [3.05, 3.63) is 61.5 Å². The molecule has 2 nitrogen and oxygen atoms in total. The van der Waals surface area contributed by atoms with Crippen molar-refractivity contribution in [1.82, 2.24) is 5.32 Å². The monoisotopic (exact) mass is 387 g/mol. The van der Waals surface area contributed by atoms with Crippen LogP contribution in [0.2, 0.25) is 10.0 Å². The van der Waals surface area contributed by atoms with Crippen LogP contribution in [0.5, 0.6) is 5.75 Å². The molecule has 0 aliphatic heterocycles. The van der Waals surface area contributed by atoms with Crippen molar-refractivity contribution in [2.75, 3.05) is 14.2 Å². The van der Waals surface area contributed by atoms with E-state index in [-0.39, 0.29) is 6.04 Å². The summed E-state index contributed by atoms with van der Waals surface area (Å²) in [5.41, 5.74) is 3.21. The fourth-order valence-electron chi connectivity index (χ4n) is 2.27. The highest BCUT2D eigenvalue weighted by Gasteiger charge is 2.19. The second-order valence-electron chi connectivity index (χ2n) is 4.75. The maximum atomic E-state index is 6.39. The van der Waals surface area contributed by atoms with E-state index in [4.69, 9.17) is 27.9 Å². The van der Waals surface area contributed by atoms with Crippen LogP contribution in [0.1, 0.15) is 22.7 Å². The summed E-state index contributed by atoms with van der Waals surface area (Å²) in [6.07, 6.45) is 0. The van der Waals surface area contributed by atoms with Crippen molar-refractivity contribution in [2.24, 2.45) is 0 Å². The normalized spacial score (nSPS) is 12.3. The molecule has 2 aromatic carbocycles. The summed E-state index contributed by atoms with van der Waals surface area (Å²) in [6, 6.07) is 9.76. The lowest BCUT2D eigenvalue weighted by atomic mass is 9.97. The molecule has 0 amide bonds. The van der Waals surface area contributed by atoms with Gasteiger partial charge in [-0.3, -0.25) is 0 Å². The third kappa shape index (κ3) is 3.54. The minimum Gasteiger partial charge on any atom is -0.495 e. The first-order valence-corrected chi connectivity index (χ1v) is 7.99. The van der Waals surface area contributed by atoms with E-state index in [1.807, 2.05) is 13.1 Å². The lowest BCUT2D eigenvalue weighted by molar-refractivity contribution is 0.415. The zero-order valence-electron chi connectivity index (χ0n) is 12.0. The summed E-state index contributed by atoms with van der Waals surface area (Å²) in [5, 5.41) is 4.44. The minimum absolute atomic E-state index is 0.0594. The van der Waals surface area contributed by atoms with E-state index in [9.17, 15) is 0 Å². The first-order chi connectivity index (χ1) is 9.97. The van der Waals surface area contributed by atoms with Gasteiger partial charge < -0.3 is 10.1 Å². The van der Waals surface area contributed by atoms with Crippen LogP contribution in [0.15, 0.2) is 34.8 Å².